The summed E-state index contributed by atoms with van der Waals surface area (Å²) in [6, 6.07) is 0. The van der Waals surface area contributed by atoms with E-state index in [0.29, 0.717) is 4.75 Å². The first-order chi connectivity index (χ1) is 14.1. The minimum absolute atomic E-state index is 0.305. The summed E-state index contributed by atoms with van der Waals surface area (Å²) < 4.78 is 2.51. The molecule has 0 saturated heterocycles. The van der Waals surface area contributed by atoms with Gasteiger partial charge >= 0.3 is 0 Å². The van der Waals surface area contributed by atoms with Gasteiger partial charge in [0.25, 0.3) is 0 Å². The van der Waals surface area contributed by atoms with Gasteiger partial charge in [-0.1, -0.05) is 124 Å². The molecular weight excluding hydrogens is 453 g/mol. The molecule has 0 unspecified atom stereocenters. The van der Waals surface area contributed by atoms with Gasteiger partial charge in [-0.25, -0.2) is 0 Å². The number of hydrogen-bond donors (Lipinski definition) is 0. The van der Waals surface area contributed by atoms with Crippen molar-refractivity contribution in [1.29, 1.82) is 0 Å². The van der Waals surface area contributed by atoms with Crippen molar-refractivity contribution in [3.63, 3.8) is 0 Å². The van der Waals surface area contributed by atoms with Crippen molar-refractivity contribution in [2.24, 2.45) is 0 Å². The van der Waals surface area contributed by atoms with Crippen LogP contribution in [-0.4, -0.2) is 20.7 Å². The quantitative estimate of drug-likeness (QED) is 0.132. The fourth-order valence-electron chi connectivity index (χ4n) is 3.00. The minimum atomic E-state index is 0.305. The van der Waals surface area contributed by atoms with E-state index in [-0.39, 0.29) is 0 Å². The molecule has 29 heavy (non-hydrogen) atoms. The fraction of sp³-hybridized carbons (Fsp3) is 0.909. The molecule has 0 aliphatic rings. The van der Waals surface area contributed by atoms with Crippen LogP contribution in [0.1, 0.15) is 118 Å². The molecule has 0 fully saturated rings. The molecule has 1 rings (SSSR count). The first-order valence-electron chi connectivity index (χ1n) is 11.6. The van der Waals surface area contributed by atoms with Gasteiger partial charge in [-0.2, -0.15) is 0 Å². The Labute approximate surface area is 200 Å². The molecule has 0 aromatic carbocycles. The Morgan fingerprint density at radius 2 is 1.21 bits per heavy atom. The summed E-state index contributed by atoms with van der Waals surface area (Å²) in [5.74, 6) is 1.22. The van der Waals surface area contributed by atoms with E-state index in [0.717, 1.165) is 8.68 Å². The summed E-state index contributed by atoms with van der Waals surface area (Å²) in [6.45, 7) is 9.30. The molecule has 1 heterocycles. The average Bonchev–Trinajstić information content (AvgIpc) is 3.16. The van der Waals surface area contributed by atoms with E-state index < -0.39 is 0 Å². The minimum Gasteiger partial charge on any atom is -0.130 e. The van der Waals surface area contributed by atoms with Crippen molar-refractivity contribution in [1.82, 2.24) is 10.2 Å². The summed E-state index contributed by atoms with van der Waals surface area (Å²) in [5.41, 5.74) is 0. The number of hydrogen-bond acceptors (Lipinski definition) is 7. The molecule has 0 atom stereocenters. The van der Waals surface area contributed by atoms with Crippen molar-refractivity contribution in [3.8, 4) is 0 Å². The highest BCUT2D eigenvalue weighted by Crippen LogP contribution is 2.46. The molecule has 0 N–H and O–H groups in total. The average molecular weight is 495 g/mol. The van der Waals surface area contributed by atoms with E-state index in [2.05, 4.69) is 37.9 Å². The van der Waals surface area contributed by atoms with Crippen molar-refractivity contribution in [3.05, 3.63) is 0 Å². The topological polar surface area (TPSA) is 25.8 Å². The normalized spacial score (nSPS) is 12.0. The molecule has 0 radical (unpaired) electrons. The largest absolute Gasteiger partial charge is 0.185 e. The maximum atomic E-state index is 4.38. The van der Waals surface area contributed by atoms with Crippen LogP contribution in [0.2, 0.25) is 0 Å². The highest BCUT2D eigenvalue weighted by atomic mass is 33.1. The smallest absolute Gasteiger partial charge is 0.130 e. The van der Waals surface area contributed by atoms with Crippen LogP contribution in [-0.2, 0) is 0 Å². The van der Waals surface area contributed by atoms with E-state index in [1.807, 2.05) is 32.4 Å². The van der Waals surface area contributed by atoms with Crippen molar-refractivity contribution in [2.45, 2.75) is 131 Å². The van der Waals surface area contributed by atoms with Gasteiger partial charge in [-0.05, 0) is 48.3 Å². The van der Waals surface area contributed by atoms with Crippen LogP contribution in [0, 0.1) is 0 Å². The second-order valence-corrected chi connectivity index (χ2v) is 15.0. The Morgan fingerprint density at radius 3 is 1.83 bits per heavy atom. The van der Waals surface area contributed by atoms with Crippen LogP contribution in [0.15, 0.2) is 8.68 Å². The standard InChI is InChI=1S/C22H42N2S5/c1-5-7-9-11-13-14-16-18-22(3,4)29-28-21-24-23-20(26-21)27-25-19-17-15-12-10-8-6-2/h5-19H2,1-4H3. The predicted octanol–water partition coefficient (Wildman–Crippen LogP) is 10.3. The Hall–Kier alpha value is 0.960. The molecule has 0 amide bonds. The van der Waals surface area contributed by atoms with Gasteiger partial charge in [0, 0.05) is 10.5 Å². The van der Waals surface area contributed by atoms with E-state index in [1.165, 1.54) is 95.6 Å². The van der Waals surface area contributed by atoms with Gasteiger partial charge < -0.3 is 0 Å². The summed E-state index contributed by atoms with van der Waals surface area (Å²) >= 11 is 1.75. The Balaban J connectivity index is 2.08. The Bertz CT molecular complexity index is 493. The SMILES string of the molecule is CCCCCCCCCC(C)(C)SSc1nnc(SSCCCCCCCC)s1. The first kappa shape index (κ1) is 28.0. The number of aromatic nitrogens is 2. The molecular formula is C22H42N2S5. The van der Waals surface area contributed by atoms with E-state index in [4.69, 9.17) is 0 Å². The van der Waals surface area contributed by atoms with Crippen molar-refractivity contribution < 1.29 is 0 Å². The molecule has 7 heteroatoms. The van der Waals surface area contributed by atoms with Crippen LogP contribution >= 0.6 is 54.5 Å². The lowest BCUT2D eigenvalue weighted by Crippen LogP contribution is -2.12. The van der Waals surface area contributed by atoms with Gasteiger partial charge in [-0.15, -0.1) is 10.2 Å². The third-order valence-corrected chi connectivity index (χ3v) is 12.1. The van der Waals surface area contributed by atoms with E-state index in [9.17, 15) is 0 Å². The predicted molar refractivity (Wildman–Crippen MR) is 142 cm³/mol. The Kier molecular flexibility index (Phi) is 17.9. The van der Waals surface area contributed by atoms with Crippen LogP contribution in [0.3, 0.4) is 0 Å². The zero-order valence-corrected chi connectivity index (χ0v) is 23.1. The second-order valence-electron chi connectivity index (χ2n) is 8.30. The van der Waals surface area contributed by atoms with Crippen LogP contribution < -0.4 is 0 Å². The lowest BCUT2D eigenvalue weighted by atomic mass is 10.0. The monoisotopic (exact) mass is 494 g/mol. The summed E-state index contributed by atoms with van der Waals surface area (Å²) in [4.78, 5) is 0. The highest BCUT2D eigenvalue weighted by Gasteiger charge is 2.20. The first-order valence-corrected chi connectivity index (χ1v) is 16.8. The lowest BCUT2D eigenvalue weighted by Gasteiger charge is -2.22. The third-order valence-electron chi connectivity index (χ3n) is 4.82. The molecule has 0 aliphatic heterocycles. The summed E-state index contributed by atoms with van der Waals surface area (Å²) in [6.07, 6.45) is 19.2. The van der Waals surface area contributed by atoms with Crippen LogP contribution in [0.5, 0.6) is 0 Å². The van der Waals surface area contributed by atoms with E-state index >= 15 is 0 Å². The van der Waals surface area contributed by atoms with Crippen LogP contribution in [0.25, 0.3) is 0 Å². The maximum Gasteiger partial charge on any atom is 0.185 e. The molecule has 2 nitrogen and oxygen atoms in total. The third kappa shape index (κ3) is 16.3. The molecule has 1 aromatic rings. The fourth-order valence-corrected chi connectivity index (χ4v) is 8.99. The Morgan fingerprint density at radius 1 is 0.690 bits per heavy atom. The molecule has 0 spiro atoms. The van der Waals surface area contributed by atoms with Crippen LogP contribution in [0.4, 0.5) is 0 Å². The number of rotatable bonds is 20. The molecule has 0 saturated carbocycles. The van der Waals surface area contributed by atoms with Crippen molar-refractivity contribution in [2.75, 3.05) is 5.75 Å². The van der Waals surface area contributed by atoms with Gasteiger partial charge in [0.15, 0.2) is 8.68 Å². The lowest BCUT2D eigenvalue weighted by molar-refractivity contribution is 0.538. The van der Waals surface area contributed by atoms with Gasteiger partial charge in [0.1, 0.15) is 0 Å². The highest BCUT2D eigenvalue weighted by molar-refractivity contribution is 8.78. The number of nitrogens with zero attached hydrogens (tertiary/aromatic N) is 2. The zero-order valence-electron chi connectivity index (χ0n) is 19.0. The second kappa shape index (κ2) is 18.5. The summed E-state index contributed by atoms with van der Waals surface area (Å²) in [5, 5.41) is 8.75. The van der Waals surface area contributed by atoms with Gasteiger partial charge in [0.2, 0.25) is 0 Å². The molecule has 170 valence electrons. The number of unbranched alkanes of at least 4 members (excludes halogenated alkanes) is 11. The molecule has 0 bridgehead atoms. The summed E-state index contributed by atoms with van der Waals surface area (Å²) in [7, 11) is 7.53. The molecule has 1 aromatic heterocycles. The van der Waals surface area contributed by atoms with E-state index in [1.54, 1.807) is 22.1 Å². The van der Waals surface area contributed by atoms with Crippen molar-refractivity contribution >= 4 is 54.5 Å². The maximum absolute atomic E-state index is 4.38. The zero-order chi connectivity index (χ0) is 21.2. The van der Waals surface area contributed by atoms with Gasteiger partial charge in [-0.3, -0.25) is 0 Å². The molecule has 0 aliphatic carbocycles. The van der Waals surface area contributed by atoms with Gasteiger partial charge in [0.05, 0.1) is 0 Å².